The molecule has 1 aliphatic rings. The molecule has 6 heteroatoms. The quantitative estimate of drug-likeness (QED) is 0.502. The highest BCUT2D eigenvalue weighted by atomic mass is 35.5. The second kappa shape index (κ2) is 9.29. The third kappa shape index (κ3) is 4.43. The molecule has 0 aliphatic carbocycles. The van der Waals surface area contributed by atoms with E-state index in [2.05, 4.69) is 16.3 Å². The lowest BCUT2D eigenvalue weighted by molar-refractivity contribution is 0.0958. The van der Waals surface area contributed by atoms with Gasteiger partial charge in [-0.25, -0.2) is 4.39 Å². The molecule has 2 aromatic carbocycles. The van der Waals surface area contributed by atoms with Crippen molar-refractivity contribution in [3.05, 3.63) is 70.2 Å². The summed E-state index contributed by atoms with van der Waals surface area (Å²) < 4.78 is 19.2. The van der Waals surface area contributed by atoms with Crippen molar-refractivity contribution < 1.29 is 13.6 Å². The van der Waals surface area contributed by atoms with E-state index in [9.17, 15) is 9.18 Å². The standard InChI is InChI=1S/C24H26ClFN2O2/c1-16-19-13-17(26)9-10-23(19)30-24(16)22(29)15-27-14-21(28-11-5-2-6-12-28)18-7-3-4-8-20(18)25/h3-4,7-10,13,21,27H,2,5-6,11-12,14-15H2,1H3. The van der Waals surface area contributed by atoms with Crippen molar-refractivity contribution in [3.63, 3.8) is 0 Å². The van der Waals surface area contributed by atoms with Crippen molar-refractivity contribution in [3.8, 4) is 0 Å². The molecule has 1 unspecified atom stereocenters. The molecule has 1 saturated heterocycles. The van der Waals surface area contributed by atoms with Crippen LogP contribution in [0.3, 0.4) is 0 Å². The number of hydrogen-bond donors (Lipinski definition) is 1. The lowest BCUT2D eigenvalue weighted by atomic mass is 10.0. The number of halogens is 2. The third-order valence-corrected chi connectivity index (χ3v) is 6.21. The lowest BCUT2D eigenvalue weighted by Crippen LogP contribution is -2.40. The van der Waals surface area contributed by atoms with Gasteiger partial charge in [-0.3, -0.25) is 9.69 Å². The zero-order valence-electron chi connectivity index (χ0n) is 17.1. The number of hydrogen-bond acceptors (Lipinski definition) is 4. The molecule has 1 N–H and O–H groups in total. The fraction of sp³-hybridized carbons (Fsp3) is 0.375. The Kier molecular flexibility index (Phi) is 6.52. The zero-order valence-corrected chi connectivity index (χ0v) is 17.8. The van der Waals surface area contributed by atoms with Gasteiger partial charge in [-0.15, -0.1) is 0 Å². The van der Waals surface area contributed by atoms with Crippen LogP contribution >= 0.6 is 11.6 Å². The van der Waals surface area contributed by atoms with Crippen molar-refractivity contribution in [1.29, 1.82) is 0 Å². The summed E-state index contributed by atoms with van der Waals surface area (Å²) in [5, 5.41) is 4.69. The maximum absolute atomic E-state index is 13.5. The van der Waals surface area contributed by atoms with Crippen LogP contribution in [0, 0.1) is 12.7 Å². The number of rotatable bonds is 7. The molecule has 4 rings (SSSR count). The summed E-state index contributed by atoms with van der Waals surface area (Å²) in [5.74, 6) is -0.191. The Balaban J connectivity index is 1.47. The average Bonchev–Trinajstić information content (AvgIpc) is 3.08. The molecule has 0 amide bonds. The van der Waals surface area contributed by atoms with Gasteiger partial charge in [0.25, 0.3) is 0 Å². The Bertz CT molecular complexity index is 1040. The van der Waals surface area contributed by atoms with Crippen LogP contribution in [0.2, 0.25) is 5.02 Å². The zero-order chi connectivity index (χ0) is 21.1. The lowest BCUT2D eigenvalue weighted by Gasteiger charge is -2.35. The van der Waals surface area contributed by atoms with E-state index >= 15 is 0 Å². The smallest absolute Gasteiger partial charge is 0.212 e. The SMILES string of the molecule is Cc1c(C(=O)CNCC(c2ccccc2Cl)N2CCCCC2)oc2ccc(F)cc12. The van der Waals surface area contributed by atoms with Crippen LogP contribution in [0.15, 0.2) is 46.9 Å². The van der Waals surface area contributed by atoms with E-state index in [1.807, 2.05) is 18.2 Å². The van der Waals surface area contributed by atoms with Gasteiger partial charge in [0.2, 0.25) is 5.78 Å². The van der Waals surface area contributed by atoms with Crippen molar-refractivity contribution in [2.75, 3.05) is 26.2 Å². The molecule has 4 nitrogen and oxygen atoms in total. The molecular formula is C24H26ClFN2O2. The molecule has 0 spiro atoms. The molecule has 3 aromatic rings. The summed E-state index contributed by atoms with van der Waals surface area (Å²) in [4.78, 5) is 15.2. The van der Waals surface area contributed by atoms with E-state index in [0.717, 1.165) is 23.7 Å². The highest BCUT2D eigenvalue weighted by molar-refractivity contribution is 6.31. The molecule has 158 valence electrons. The molecule has 0 bridgehead atoms. The minimum absolute atomic E-state index is 0.109. The van der Waals surface area contributed by atoms with E-state index in [1.54, 1.807) is 13.0 Å². The summed E-state index contributed by atoms with van der Waals surface area (Å²) in [7, 11) is 0. The molecule has 0 radical (unpaired) electrons. The Morgan fingerprint density at radius 1 is 1.20 bits per heavy atom. The first-order valence-corrected chi connectivity index (χ1v) is 10.8. The van der Waals surface area contributed by atoms with Crippen LogP contribution < -0.4 is 5.32 Å². The number of piperidine rings is 1. The number of nitrogens with one attached hydrogen (secondary N) is 1. The number of furan rings is 1. The van der Waals surface area contributed by atoms with E-state index in [0.29, 0.717) is 23.1 Å². The van der Waals surface area contributed by atoms with Crippen LogP contribution in [-0.4, -0.2) is 36.9 Å². The first kappa shape index (κ1) is 21.0. The molecule has 1 aliphatic heterocycles. The monoisotopic (exact) mass is 428 g/mol. The number of fused-ring (bicyclic) bond motifs is 1. The van der Waals surface area contributed by atoms with Crippen molar-refractivity contribution in [2.24, 2.45) is 0 Å². The highest BCUT2D eigenvalue weighted by Gasteiger charge is 2.25. The largest absolute Gasteiger partial charge is 0.453 e. The summed E-state index contributed by atoms with van der Waals surface area (Å²) in [5.41, 5.74) is 2.28. The van der Waals surface area contributed by atoms with Gasteiger partial charge in [0.05, 0.1) is 6.54 Å². The van der Waals surface area contributed by atoms with Gasteiger partial charge in [0.15, 0.2) is 5.76 Å². The second-order valence-electron chi connectivity index (χ2n) is 7.88. The molecule has 30 heavy (non-hydrogen) atoms. The Labute approximate surface area is 181 Å². The second-order valence-corrected chi connectivity index (χ2v) is 8.29. The number of nitrogens with zero attached hydrogens (tertiary/aromatic N) is 1. The van der Waals surface area contributed by atoms with Crippen LogP contribution in [-0.2, 0) is 0 Å². The maximum atomic E-state index is 13.5. The Hall–Kier alpha value is -2.21. The predicted octanol–water partition coefficient (Wildman–Crippen LogP) is 5.53. The Morgan fingerprint density at radius 2 is 1.97 bits per heavy atom. The number of likely N-dealkylation sites (tertiary alicyclic amines) is 1. The van der Waals surface area contributed by atoms with Gasteiger partial charge in [0, 0.05) is 28.6 Å². The average molecular weight is 429 g/mol. The van der Waals surface area contributed by atoms with E-state index in [4.69, 9.17) is 16.0 Å². The molecule has 1 atom stereocenters. The molecule has 2 heterocycles. The van der Waals surface area contributed by atoms with Crippen LogP contribution in [0.5, 0.6) is 0 Å². The van der Waals surface area contributed by atoms with Gasteiger partial charge in [-0.2, -0.15) is 0 Å². The number of carbonyl (C=O) groups is 1. The first-order valence-electron chi connectivity index (χ1n) is 10.5. The van der Waals surface area contributed by atoms with Gasteiger partial charge >= 0.3 is 0 Å². The number of benzene rings is 2. The first-order chi connectivity index (χ1) is 14.5. The van der Waals surface area contributed by atoms with Gasteiger partial charge in [-0.1, -0.05) is 36.2 Å². The molecule has 1 aromatic heterocycles. The predicted molar refractivity (Wildman–Crippen MR) is 118 cm³/mol. The van der Waals surface area contributed by atoms with Gasteiger partial charge < -0.3 is 9.73 Å². The van der Waals surface area contributed by atoms with Gasteiger partial charge in [0.1, 0.15) is 11.4 Å². The topological polar surface area (TPSA) is 45.5 Å². The van der Waals surface area contributed by atoms with E-state index in [-0.39, 0.29) is 29.9 Å². The molecular weight excluding hydrogens is 403 g/mol. The summed E-state index contributed by atoms with van der Waals surface area (Å²) >= 11 is 6.49. The number of aryl methyl sites for hydroxylation is 1. The third-order valence-electron chi connectivity index (χ3n) is 5.87. The van der Waals surface area contributed by atoms with Crippen molar-refractivity contribution in [1.82, 2.24) is 10.2 Å². The van der Waals surface area contributed by atoms with Crippen molar-refractivity contribution in [2.45, 2.75) is 32.2 Å². The minimum Gasteiger partial charge on any atom is -0.453 e. The fourth-order valence-electron chi connectivity index (χ4n) is 4.27. The Morgan fingerprint density at radius 3 is 2.73 bits per heavy atom. The number of Topliss-reactive ketones (excluding diaryl/α,β-unsaturated/α-hetero) is 1. The molecule has 1 fully saturated rings. The number of ketones is 1. The normalized spacial score (nSPS) is 16.1. The maximum Gasteiger partial charge on any atom is 0.212 e. The highest BCUT2D eigenvalue weighted by Crippen LogP contribution is 2.30. The van der Waals surface area contributed by atoms with Gasteiger partial charge in [-0.05, 0) is 62.7 Å². The summed E-state index contributed by atoms with van der Waals surface area (Å²) in [6.45, 7) is 4.61. The summed E-state index contributed by atoms with van der Waals surface area (Å²) in [6.07, 6.45) is 3.60. The number of carbonyl (C=O) groups excluding carboxylic acids is 1. The van der Waals surface area contributed by atoms with E-state index in [1.165, 1.54) is 31.4 Å². The van der Waals surface area contributed by atoms with Crippen LogP contribution in [0.1, 0.15) is 47.0 Å². The van der Waals surface area contributed by atoms with E-state index < -0.39 is 0 Å². The van der Waals surface area contributed by atoms with Crippen molar-refractivity contribution >= 4 is 28.4 Å². The van der Waals surface area contributed by atoms with Crippen LogP contribution in [0.25, 0.3) is 11.0 Å². The minimum atomic E-state index is -0.340. The fourth-order valence-corrected chi connectivity index (χ4v) is 4.53. The summed E-state index contributed by atoms with van der Waals surface area (Å²) in [6, 6.07) is 12.3. The van der Waals surface area contributed by atoms with Crippen LogP contribution in [0.4, 0.5) is 4.39 Å². The molecule has 0 saturated carbocycles.